The van der Waals surface area contributed by atoms with Crippen LogP contribution in [0.2, 0.25) is 0 Å². The number of hydrogen-bond acceptors (Lipinski definition) is 3. The van der Waals surface area contributed by atoms with E-state index in [0.717, 1.165) is 46.7 Å². The minimum absolute atomic E-state index is 0.000746. The number of carbonyl (C=O) groups excluding carboxylic acids is 2. The number of nitrogens with zero attached hydrogens (tertiary/aromatic N) is 2. The number of esters is 1. The summed E-state index contributed by atoms with van der Waals surface area (Å²) < 4.78 is 7.68. The van der Waals surface area contributed by atoms with E-state index in [0.29, 0.717) is 53.3 Å². The van der Waals surface area contributed by atoms with Crippen LogP contribution < -0.4 is 4.48 Å². The highest BCUT2D eigenvalue weighted by molar-refractivity contribution is 6.15. The van der Waals surface area contributed by atoms with Crippen molar-refractivity contribution >= 4 is 34.3 Å². The van der Waals surface area contributed by atoms with Crippen molar-refractivity contribution in [2.24, 2.45) is 11.8 Å². The summed E-state index contributed by atoms with van der Waals surface area (Å²) in [5.74, 6) is 0.981. The minimum Gasteiger partial charge on any atom is -0.466 e. The number of ether oxygens (including phenoxy) is 1. The molecule has 0 aliphatic rings. The lowest BCUT2D eigenvalue weighted by atomic mass is 9.97. The number of aromatic nitrogens is 1. The summed E-state index contributed by atoms with van der Waals surface area (Å²) in [7, 11) is 2.22. The number of aryl methyl sites for hydroxylation is 1. The Bertz CT molecular complexity index is 1810. The highest BCUT2D eigenvalue weighted by Gasteiger charge is 2.33. The highest BCUT2D eigenvalue weighted by Crippen LogP contribution is 2.43. The van der Waals surface area contributed by atoms with E-state index in [1.807, 2.05) is 50.4 Å². The maximum Gasteiger partial charge on any atom is 0.305 e. The van der Waals surface area contributed by atoms with Gasteiger partial charge in [-0.15, -0.1) is 0 Å². The zero-order chi connectivity index (χ0) is 34.4. The SMILES string of the molecule is CCOC(=O)CCCc1c(C)c(C(=O)c2cccc([N+](C)(c3ccc(CC(C)C)cc3)c3ccc(CC(C)C)cc3)c2)c2ccccn12. The molecule has 0 amide bonds. The summed E-state index contributed by atoms with van der Waals surface area (Å²) >= 11 is 0. The molecule has 0 radical (unpaired) electrons. The molecular weight excluding hydrogens is 592 g/mol. The summed E-state index contributed by atoms with van der Waals surface area (Å²) in [6, 6.07) is 32.0. The Morgan fingerprint density at radius 1 is 0.771 bits per heavy atom. The molecule has 0 spiro atoms. The molecule has 0 N–H and O–H groups in total. The van der Waals surface area contributed by atoms with Crippen LogP contribution in [0.4, 0.5) is 17.1 Å². The Hall–Kier alpha value is -4.48. The van der Waals surface area contributed by atoms with Crippen molar-refractivity contribution in [2.75, 3.05) is 13.7 Å². The maximum atomic E-state index is 14.5. The van der Waals surface area contributed by atoms with Gasteiger partial charge < -0.3 is 9.14 Å². The molecule has 2 heterocycles. The average molecular weight is 644 g/mol. The average Bonchev–Trinajstić information content (AvgIpc) is 3.35. The number of fused-ring (bicyclic) bond motifs is 1. The molecule has 5 rings (SSSR count). The van der Waals surface area contributed by atoms with E-state index in [-0.39, 0.29) is 11.8 Å². The van der Waals surface area contributed by atoms with Gasteiger partial charge in [-0.05, 0) is 80.2 Å². The largest absolute Gasteiger partial charge is 0.466 e. The molecule has 0 saturated carbocycles. The summed E-state index contributed by atoms with van der Waals surface area (Å²) in [6.07, 6.45) is 5.77. The van der Waals surface area contributed by atoms with Gasteiger partial charge in [-0.3, -0.25) is 9.59 Å². The lowest BCUT2D eigenvalue weighted by molar-refractivity contribution is -0.143. The van der Waals surface area contributed by atoms with Crippen molar-refractivity contribution in [3.63, 3.8) is 0 Å². The maximum absolute atomic E-state index is 14.5. The van der Waals surface area contributed by atoms with Crippen LogP contribution in [0.5, 0.6) is 0 Å². The van der Waals surface area contributed by atoms with Gasteiger partial charge in [0, 0.05) is 60.3 Å². The van der Waals surface area contributed by atoms with Crippen molar-refractivity contribution < 1.29 is 14.3 Å². The fourth-order valence-corrected chi connectivity index (χ4v) is 6.95. The quantitative estimate of drug-likeness (QED) is 0.0687. The van der Waals surface area contributed by atoms with Crippen LogP contribution >= 0.6 is 0 Å². The molecule has 3 aromatic carbocycles. The smallest absolute Gasteiger partial charge is 0.305 e. The van der Waals surface area contributed by atoms with E-state index in [1.54, 1.807) is 0 Å². The zero-order valence-corrected chi connectivity index (χ0v) is 29.8. The fraction of sp³-hybridized carbons (Fsp3) is 0.349. The van der Waals surface area contributed by atoms with Crippen LogP contribution in [0.25, 0.3) is 5.52 Å². The van der Waals surface area contributed by atoms with Gasteiger partial charge in [-0.2, -0.15) is 0 Å². The van der Waals surface area contributed by atoms with Gasteiger partial charge in [-0.1, -0.05) is 70.2 Å². The van der Waals surface area contributed by atoms with Crippen molar-refractivity contribution in [3.8, 4) is 0 Å². The molecule has 5 aromatic rings. The molecule has 0 aliphatic carbocycles. The van der Waals surface area contributed by atoms with Gasteiger partial charge in [0.2, 0.25) is 0 Å². The van der Waals surface area contributed by atoms with Gasteiger partial charge in [0.1, 0.15) is 17.1 Å². The second-order valence-corrected chi connectivity index (χ2v) is 14.0. The van der Waals surface area contributed by atoms with Gasteiger partial charge in [0.05, 0.1) is 24.7 Å². The Labute approximate surface area is 286 Å². The van der Waals surface area contributed by atoms with Gasteiger partial charge in [0.15, 0.2) is 5.78 Å². The molecule has 0 saturated heterocycles. The zero-order valence-electron chi connectivity index (χ0n) is 29.8. The second kappa shape index (κ2) is 15.2. The number of quaternary nitrogens is 1. The van der Waals surface area contributed by atoms with Crippen LogP contribution in [0.3, 0.4) is 0 Å². The normalized spacial score (nSPS) is 11.9. The Morgan fingerprint density at radius 3 is 1.94 bits per heavy atom. The summed E-state index contributed by atoms with van der Waals surface area (Å²) in [6.45, 7) is 13.2. The first kappa shape index (κ1) is 34.8. The van der Waals surface area contributed by atoms with Crippen molar-refractivity contribution in [3.05, 3.63) is 131 Å². The van der Waals surface area contributed by atoms with Crippen LogP contribution in [-0.4, -0.2) is 29.8 Å². The first-order chi connectivity index (χ1) is 23.0. The molecule has 2 aromatic heterocycles. The standard InChI is InChI=1S/C43H51N2O3/c1-8-48-41(46)17-12-16-39-32(6)42(40-15-9-10-26-44(39)40)43(47)35-13-11-14-38(29-35)45(7,36-22-18-33(19-23-36)27-30(2)3)37-24-20-34(21-25-37)28-31(4)5/h9-11,13-15,18-26,29-31H,8,12,16-17,27-28H2,1-7H3/q+1. The Morgan fingerprint density at radius 2 is 1.38 bits per heavy atom. The third-order valence-electron chi connectivity index (χ3n) is 9.36. The third-order valence-corrected chi connectivity index (χ3v) is 9.36. The number of hydrogen-bond donors (Lipinski definition) is 0. The van der Waals surface area contributed by atoms with Crippen LogP contribution in [0.1, 0.15) is 85.8 Å². The van der Waals surface area contributed by atoms with E-state index >= 15 is 0 Å². The molecule has 0 aliphatic heterocycles. The van der Waals surface area contributed by atoms with Crippen molar-refractivity contribution in [1.29, 1.82) is 0 Å². The molecule has 250 valence electrons. The monoisotopic (exact) mass is 643 g/mol. The summed E-state index contributed by atoms with van der Waals surface area (Å²) in [5.41, 5.74) is 10.2. The summed E-state index contributed by atoms with van der Waals surface area (Å²) in [5, 5.41) is 0. The third kappa shape index (κ3) is 7.47. The molecule has 0 atom stereocenters. The second-order valence-electron chi connectivity index (χ2n) is 14.0. The van der Waals surface area contributed by atoms with E-state index < -0.39 is 0 Å². The number of benzene rings is 3. The molecular formula is C43H51N2O3+. The predicted octanol–water partition coefficient (Wildman–Crippen LogP) is 10.4. The number of ketones is 1. The van der Waals surface area contributed by atoms with Crippen molar-refractivity contribution in [1.82, 2.24) is 8.88 Å². The summed E-state index contributed by atoms with van der Waals surface area (Å²) in [4.78, 5) is 26.5. The Kier molecular flexibility index (Phi) is 11.0. The minimum atomic E-state index is -0.186. The topological polar surface area (TPSA) is 47.8 Å². The number of carbonyl (C=O) groups is 2. The molecule has 48 heavy (non-hydrogen) atoms. The molecule has 0 fully saturated rings. The van der Waals surface area contributed by atoms with E-state index in [1.165, 1.54) is 11.1 Å². The Balaban J connectivity index is 1.56. The van der Waals surface area contributed by atoms with E-state index in [4.69, 9.17) is 4.74 Å². The van der Waals surface area contributed by atoms with E-state index in [9.17, 15) is 9.59 Å². The number of pyridine rings is 1. The molecule has 5 heteroatoms. The van der Waals surface area contributed by atoms with Crippen molar-refractivity contribution in [2.45, 2.75) is 73.6 Å². The highest BCUT2D eigenvalue weighted by atomic mass is 16.5. The van der Waals surface area contributed by atoms with E-state index in [2.05, 4.69) is 99.8 Å². The van der Waals surface area contributed by atoms with Crippen LogP contribution in [0, 0.1) is 18.8 Å². The fourth-order valence-electron chi connectivity index (χ4n) is 6.95. The molecule has 0 bridgehead atoms. The van der Waals surface area contributed by atoms with Crippen LogP contribution in [-0.2, 0) is 28.8 Å². The van der Waals surface area contributed by atoms with Crippen LogP contribution in [0.15, 0.2) is 97.2 Å². The lowest BCUT2D eigenvalue weighted by Gasteiger charge is -2.34. The van der Waals surface area contributed by atoms with Gasteiger partial charge >= 0.3 is 5.97 Å². The van der Waals surface area contributed by atoms with Gasteiger partial charge in [0.25, 0.3) is 0 Å². The van der Waals surface area contributed by atoms with Gasteiger partial charge in [-0.25, -0.2) is 4.48 Å². The predicted molar refractivity (Wildman–Crippen MR) is 199 cm³/mol. The lowest BCUT2D eigenvalue weighted by Crippen LogP contribution is -2.34. The first-order valence-corrected chi connectivity index (χ1v) is 17.5. The molecule has 0 unspecified atom stereocenters. The number of rotatable bonds is 14. The first-order valence-electron chi connectivity index (χ1n) is 17.5. The molecule has 5 nitrogen and oxygen atoms in total.